The van der Waals surface area contributed by atoms with Crippen molar-refractivity contribution in [2.75, 3.05) is 6.54 Å². The number of thiazole rings is 1. The van der Waals surface area contributed by atoms with Crippen LogP contribution in [0.5, 0.6) is 0 Å². The molecule has 1 aromatic rings. The predicted molar refractivity (Wildman–Crippen MR) is 86.3 cm³/mol. The second-order valence-corrected chi connectivity index (χ2v) is 7.81. The van der Waals surface area contributed by atoms with Gasteiger partial charge < -0.3 is 5.32 Å². The first kappa shape index (κ1) is 15.3. The Kier molecular flexibility index (Phi) is 6.68. The van der Waals surface area contributed by atoms with Gasteiger partial charge in [0.05, 0.1) is 0 Å². The van der Waals surface area contributed by atoms with Gasteiger partial charge in [-0.2, -0.15) is 0 Å². The number of aromatic nitrogens is 1. The lowest BCUT2D eigenvalue weighted by Crippen LogP contribution is -2.39. The van der Waals surface area contributed by atoms with Crippen LogP contribution in [0.4, 0.5) is 0 Å². The van der Waals surface area contributed by atoms with E-state index in [1.54, 1.807) is 11.3 Å². The van der Waals surface area contributed by atoms with Gasteiger partial charge in [0.1, 0.15) is 4.34 Å². The third-order valence-corrected chi connectivity index (χ3v) is 6.20. The van der Waals surface area contributed by atoms with Gasteiger partial charge in [-0.3, -0.25) is 0 Å². The molecule has 0 saturated heterocycles. The van der Waals surface area contributed by atoms with Gasteiger partial charge in [-0.25, -0.2) is 4.98 Å². The Morgan fingerprint density at radius 1 is 1.32 bits per heavy atom. The highest BCUT2D eigenvalue weighted by Gasteiger charge is 2.24. The van der Waals surface area contributed by atoms with E-state index in [1.165, 1.54) is 49.3 Å². The van der Waals surface area contributed by atoms with Crippen molar-refractivity contribution in [1.82, 2.24) is 10.3 Å². The van der Waals surface area contributed by atoms with Gasteiger partial charge in [-0.05, 0) is 32.7 Å². The van der Waals surface area contributed by atoms with Gasteiger partial charge in [0.25, 0.3) is 0 Å². The van der Waals surface area contributed by atoms with Crippen molar-refractivity contribution in [3.63, 3.8) is 0 Å². The van der Waals surface area contributed by atoms with Crippen LogP contribution in [0.25, 0.3) is 0 Å². The smallest absolute Gasteiger partial charge is 0.150 e. The highest BCUT2D eigenvalue weighted by molar-refractivity contribution is 8.01. The van der Waals surface area contributed by atoms with Crippen LogP contribution >= 0.6 is 23.1 Å². The topological polar surface area (TPSA) is 24.9 Å². The van der Waals surface area contributed by atoms with Gasteiger partial charge in [0.15, 0.2) is 0 Å². The molecule has 1 aliphatic rings. The Balaban J connectivity index is 1.97. The zero-order chi connectivity index (χ0) is 13.5. The Morgan fingerprint density at radius 3 is 2.79 bits per heavy atom. The monoisotopic (exact) mass is 298 g/mol. The molecule has 1 N–H and O–H groups in total. The second-order valence-electron chi connectivity index (χ2n) is 5.46. The normalized spacial score (nSPS) is 24.9. The maximum atomic E-state index is 4.63. The molecule has 2 atom stereocenters. The quantitative estimate of drug-likeness (QED) is 0.857. The van der Waals surface area contributed by atoms with Crippen molar-refractivity contribution >= 4 is 23.1 Å². The Hall–Kier alpha value is -0.0600. The molecular formula is C15H26N2S2. The molecule has 0 aliphatic heterocycles. The molecule has 1 heterocycles. The summed E-state index contributed by atoms with van der Waals surface area (Å²) < 4.78 is 1.26. The third-order valence-electron chi connectivity index (χ3n) is 3.71. The van der Waals surface area contributed by atoms with Gasteiger partial charge in [0, 0.05) is 22.4 Å². The number of nitrogens with one attached hydrogen (secondary N) is 1. The van der Waals surface area contributed by atoms with E-state index in [1.807, 2.05) is 11.8 Å². The summed E-state index contributed by atoms with van der Waals surface area (Å²) in [6.07, 6.45) is 9.49. The molecule has 0 radical (unpaired) electrons. The summed E-state index contributed by atoms with van der Waals surface area (Å²) in [4.78, 5) is 4.63. The molecule has 2 nitrogen and oxygen atoms in total. The first-order valence-corrected chi connectivity index (χ1v) is 9.37. The SMILES string of the molecule is CCCNC1CCCCCCC1Sc1nc(C)cs1. The molecule has 1 aliphatic carbocycles. The van der Waals surface area contributed by atoms with E-state index in [9.17, 15) is 0 Å². The van der Waals surface area contributed by atoms with Crippen molar-refractivity contribution in [3.05, 3.63) is 11.1 Å². The second kappa shape index (κ2) is 8.28. The predicted octanol–water partition coefficient (Wildman–Crippen LogP) is 4.63. The fourth-order valence-corrected chi connectivity index (χ4v) is 5.07. The summed E-state index contributed by atoms with van der Waals surface area (Å²) in [5.74, 6) is 0. The van der Waals surface area contributed by atoms with Crippen molar-refractivity contribution in [2.45, 2.75) is 74.4 Å². The minimum Gasteiger partial charge on any atom is -0.313 e. The highest BCUT2D eigenvalue weighted by Crippen LogP contribution is 2.34. The number of hydrogen-bond acceptors (Lipinski definition) is 4. The summed E-state index contributed by atoms with van der Waals surface area (Å²) in [5.41, 5.74) is 1.16. The number of aryl methyl sites for hydroxylation is 1. The van der Waals surface area contributed by atoms with Gasteiger partial charge in [-0.1, -0.05) is 44.4 Å². The molecular weight excluding hydrogens is 272 g/mol. The lowest BCUT2D eigenvalue weighted by molar-refractivity contribution is 0.400. The zero-order valence-electron chi connectivity index (χ0n) is 12.2. The van der Waals surface area contributed by atoms with Crippen LogP contribution in [-0.4, -0.2) is 22.8 Å². The number of rotatable bonds is 5. The standard InChI is InChI=1S/C15H26N2S2/c1-3-10-16-13-8-6-4-5-7-9-14(13)19-15-17-12(2)11-18-15/h11,13-14,16H,3-10H2,1-2H3. The minimum atomic E-state index is 0.675. The molecule has 2 rings (SSSR count). The maximum absolute atomic E-state index is 4.63. The van der Waals surface area contributed by atoms with E-state index in [-0.39, 0.29) is 0 Å². The third kappa shape index (κ3) is 5.09. The van der Waals surface area contributed by atoms with Crippen LogP contribution in [0.3, 0.4) is 0 Å². The maximum Gasteiger partial charge on any atom is 0.150 e. The zero-order valence-corrected chi connectivity index (χ0v) is 13.8. The van der Waals surface area contributed by atoms with E-state index in [0.717, 1.165) is 12.2 Å². The average molecular weight is 299 g/mol. The van der Waals surface area contributed by atoms with Crippen LogP contribution in [-0.2, 0) is 0 Å². The molecule has 108 valence electrons. The van der Waals surface area contributed by atoms with E-state index >= 15 is 0 Å². The van der Waals surface area contributed by atoms with E-state index in [0.29, 0.717) is 11.3 Å². The molecule has 19 heavy (non-hydrogen) atoms. The Bertz CT molecular complexity index is 363. The van der Waals surface area contributed by atoms with Crippen LogP contribution in [0.1, 0.15) is 57.6 Å². The summed E-state index contributed by atoms with van der Waals surface area (Å²) >= 11 is 3.82. The van der Waals surface area contributed by atoms with Crippen molar-refractivity contribution in [2.24, 2.45) is 0 Å². The van der Waals surface area contributed by atoms with Crippen LogP contribution in [0, 0.1) is 6.92 Å². The van der Waals surface area contributed by atoms with E-state index in [4.69, 9.17) is 0 Å². The summed E-state index contributed by atoms with van der Waals surface area (Å²) in [6, 6.07) is 0.675. The molecule has 1 fully saturated rings. The molecule has 4 heteroatoms. The summed E-state index contributed by atoms with van der Waals surface area (Å²) in [5, 5.41) is 6.64. The summed E-state index contributed by atoms with van der Waals surface area (Å²) in [6.45, 7) is 5.49. The molecule has 1 aromatic heterocycles. The molecule has 2 unspecified atom stereocenters. The van der Waals surface area contributed by atoms with Gasteiger partial charge >= 0.3 is 0 Å². The molecule has 0 aromatic carbocycles. The van der Waals surface area contributed by atoms with Crippen molar-refractivity contribution in [3.8, 4) is 0 Å². The number of thioether (sulfide) groups is 1. The first-order valence-electron chi connectivity index (χ1n) is 7.61. The molecule has 1 saturated carbocycles. The minimum absolute atomic E-state index is 0.675. The fraction of sp³-hybridized carbons (Fsp3) is 0.800. The number of nitrogens with zero attached hydrogens (tertiary/aromatic N) is 1. The van der Waals surface area contributed by atoms with Gasteiger partial charge in [-0.15, -0.1) is 11.3 Å². The molecule has 0 spiro atoms. The highest BCUT2D eigenvalue weighted by atomic mass is 32.2. The van der Waals surface area contributed by atoms with E-state index in [2.05, 4.69) is 29.5 Å². The number of hydrogen-bond donors (Lipinski definition) is 1. The Labute approximate surface area is 125 Å². The largest absolute Gasteiger partial charge is 0.313 e. The van der Waals surface area contributed by atoms with Crippen molar-refractivity contribution in [1.29, 1.82) is 0 Å². The van der Waals surface area contributed by atoms with Gasteiger partial charge in [0.2, 0.25) is 0 Å². The molecule has 0 bridgehead atoms. The fourth-order valence-electron chi connectivity index (χ4n) is 2.67. The Morgan fingerprint density at radius 2 is 2.11 bits per heavy atom. The van der Waals surface area contributed by atoms with E-state index < -0.39 is 0 Å². The molecule has 0 amide bonds. The van der Waals surface area contributed by atoms with Crippen LogP contribution < -0.4 is 5.32 Å². The lowest BCUT2D eigenvalue weighted by Gasteiger charge is -2.29. The summed E-state index contributed by atoms with van der Waals surface area (Å²) in [7, 11) is 0. The average Bonchev–Trinajstić information content (AvgIpc) is 2.78. The first-order chi connectivity index (χ1) is 9.29. The van der Waals surface area contributed by atoms with Crippen molar-refractivity contribution < 1.29 is 0 Å². The lowest BCUT2D eigenvalue weighted by atomic mass is 9.96. The van der Waals surface area contributed by atoms with Crippen LogP contribution in [0.2, 0.25) is 0 Å². The van der Waals surface area contributed by atoms with Crippen LogP contribution in [0.15, 0.2) is 9.72 Å².